The molecule has 0 aliphatic rings. The van der Waals surface area contributed by atoms with Crippen molar-refractivity contribution in [3.63, 3.8) is 0 Å². The Hall–Kier alpha value is -3.16. The van der Waals surface area contributed by atoms with Gasteiger partial charge < -0.3 is 15.4 Å². The molecule has 1 aromatic heterocycles. The zero-order valence-corrected chi connectivity index (χ0v) is 15.7. The molecule has 2 aromatic rings. The van der Waals surface area contributed by atoms with Crippen molar-refractivity contribution in [3.8, 4) is 0 Å². The van der Waals surface area contributed by atoms with E-state index in [4.69, 9.17) is 4.74 Å². The Labute approximate surface area is 157 Å². The number of amides is 2. The molecular weight excluding hydrogens is 348 g/mol. The highest BCUT2D eigenvalue weighted by atomic mass is 16.5. The molecular formula is C19H24N4O4. The standard InChI is InChI=1S/C19H24N4O4/c1-13-11-14(2)23(22-13)10-4-9-20-18(25)12-27-19(26)16-5-7-17(8-6-16)21-15(3)24/h5-8,11H,4,9-10,12H2,1-3H3,(H,20,25)(H,21,24). The molecule has 0 saturated carbocycles. The first kappa shape index (κ1) is 20.2. The second kappa shape index (κ2) is 9.51. The Morgan fingerprint density at radius 1 is 1.15 bits per heavy atom. The number of nitrogens with zero attached hydrogens (tertiary/aromatic N) is 2. The third-order valence-corrected chi connectivity index (χ3v) is 3.75. The Balaban J connectivity index is 1.67. The predicted molar refractivity (Wildman–Crippen MR) is 100 cm³/mol. The Kier molecular flexibility index (Phi) is 7.10. The molecule has 2 amide bonds. The summed E-state index contributed by atoms with van der Waals surface area (Å²) < 4.78 is 6.89. The lowest BCUT2D eigenvalue weighted by atomic mass is 10.2. The second-order valence-electron chi connectivity index (χ2n) is 6.19. The second-order valence-corrected chi connectivity index (χ2v) is 6.19. The van der Waals surface area contributed by atoms with E-state index in [-0.39, 0.29) is 18.4 Å². The number of hydrogen-bond donors (Lipinski definition) is 2. The lowest BCUT2D eigenvalue weighted by Gasteiger charge is -2.08. The minimum Gasteiger partial charge on any atom is -0.452 e. The molecule has 1 heterocycles. The summed E-state index contributed by atoms with van der Waals surface area (Å²) >= 11 is 0. The van der Waals surface area contributed by atoms with E-state index in [1.807, 2.05) is 24.6 Å². The van der Waals surface area contributed by atoms with Crippen molar-refractivity contribution in [2.75, 3.05) is 18.5 Å². The summed E-state index contributed by atoms with van der Waals surface area (Å²) in [5.41, 5.74) is 2.94. The van der Waals surface area contributed by atoms with Crippen LogP contribution in [0.25, 0.3) is 0 Å². The number of aromatic nitrogens is 2. The van der Waals surface area contributed by atoms with E-state index in [2.05, 4.69) is 15.7 Å². The highest BCUT2D eigenvalue weighted by Crippen LogP contribution is 2.10. The van der Waals surface area contributed by atoms with Crippen LogP contribution in [-0.4, -0.2) is 40.7 Å². The molecule has 0 bridgehead atoms. The van der Waals surface area contributed by atoms with Crippen LogP contribution >= 0.6 is 0 Å². The first-order valence-corrected chi connectivity index (χ1v) is 8.67. The van der Waals surface area contributed by atoms with Crippen LogP contribution in [0.2, 0.25) is 0 Å². The van der Waals surface area contributed by atoms with Gasteiger partial charge in [-0.3, -0.25) is 14.3 Å². The third kappa shape index (κ3) is 6.58. The van der Waals surface area contributed by atoms with Crippen molar-refractivity contribution < 1.29 is 19.1 Å². The molecule has 2 rings (SSSR count). The Bertz CT molecular complexity index is 812. The summed E-state index contributed by atoms with van der Waals surface area (Å²) in [6, 6.07) is 8.24. The molecule has 27 heavy (non-hydrogen) atoms. The van der Waals surface area contributed by atoms with Gasteiger partial charge in [-0.25, -0.2) is 4.79 Å². The van der Waals surface area contributed by atoms with E-state index in [1.54, 1.807) is 12.1 Å². The maximum Gasteiger partial charge on any atom is 0.338 e. The van der Waals surface area contributed by atoms with Gasteiger partial charge in [0, 0.05) is 31.4 Å². The summed E-state index contributed by atoms with van der Waals surface area (Å²) in [6.45, 7) is 6.17. The van der Waals surface area contributed by atoms with Gasteiger partial charge in [0.1, 0.15) is 0 Å². The van der Waals surface area contributed by atoms with Crippen LogP contribution in [0.3, 0.4) is 0 Å². The van der Waals surface area contributed by atoms with Crippen LogP contribution in [0.1, 0.15) is 35.1 Å². The number of carbonyl (C=O) groups excluding carboxylic acids is 3. The van der Waals surface area contributed by atoms with Gasteiger partial charge in [-0.15, -0.1) is 0 Å². The number of ether oxygens (including phenoxy) is 1. The molecule has 0 radical (unpaired) electrons. The van der Waals surface area contributed by atoms with Crippen LogP contribution in [0.15, 0.2) is 30.3 Å². The number of esters is 1. The van der Waals surface area contributed by atoms with Gasteiger partial charge >= 0.3 is 5.97 Å². The number of nitrogens with one attached hydrogen (secondary N) is 2. The molecule has 0 atom stereocenters. The van der Waals surface area contributed by atoms with Crippen molar-refractivity contribution in [1.82, 2.24) is 15.1 Å². The van der Waals surface area contributed by atoms with E-state index in [1.165, 1.54) is 19.1 Å². The van der Waals surface area contributed by atoms with Crippen LogP contribution in [0.5, 0.6) is 0 Å². The predicted octanol–water partition coefficient (Wildman–Crippen LogP) is 1.82. The fourth-order valence-electron chi connectivity index (χ4n) is 2.52. The fraction of sp³-hybridized carbons (Fsp3) is 0.368. The minimum atomic E-state index is -0.595. The molecule has 144 valence electrons. The van der Waals surface area contributed by atoms with E-state index < -0.39 is 5.97 Å². The SMILES string of the molecule is CC(=O)Nc1ccc(C(=O)OCC(=O)NCCCn2nc(C)cc2C)cc1. The molecule has 0 fully saturated rings. The highest BCUT2D eigenvalue weighted by molar-refractivity contribution is 5.93. The lowest BCUT2D eigenvalue weighted by molar-refractivity contribution is -0.124. The third-order valence-electron chi connectivity index (χ3n) is 3.75. The summed E-state index contributed by atoms with van der Waals surface area (Å²) in [5, 5.41) is 9.67. The number of carbonyl (C=O) groups is 3. The van der Waals surface area contributed by atoms with Crippen molar-refractivity contribution in [3.05, 3.63) is 47.3 Å². The Morgan fingerprint density at radius 3 is 2.44 bits per heavy atom. The number of hydrogen-bond acceptors (Lipinski definition) is 5. The lowest BCUT2D eigenvalue weighted by Crippen LogP contribution is -2.30. The maximum atomic E-state index is 11.9. The molecule has 0 spiro atoms. The first-order valence-electron chi connectivity index (χ1n) is 8.67. The molecule has 1 aromatic carbocycles. The minimum absolute atomic E-state index is 0.195. The first-order chi connectivity index (χ1) is 12.8. The van der Waals surface area contributed by atoms with Crippen LogP contribution < -0.4 is 10.6 Å². The monoisotopic (exact) mass is 372 g/mol. The van der Waals surface area contributed by atoms with Gasteiger partial charge in [0.15, 0.2) is 6.61 Å². The average molecular weight is 372 g/mol. The van der Waals surface area contributed by atoms with Crippen molar-refractivity contribution in [2.45, 2.75) is 33.7 Å². The summed E-state index contributed by atoms with van der Waals surface area (Å²) in [5.74, 6) is -1.14. The summed E-state index contributed by atoms with van der Waals surface area (Å²) in [4.78, 5) is 34.7. The molecule has 8 nitrogen and oxygen atoms in total. The van der Waals surface area contributed by atoms with Gasteiger partial charge in [0.2, 0.25) is 5.91 Å². The van der Waals surface area contributed by atoms with E-state index in [0.29, 0.717) is 24.3 Å². The number of benzene rings is 1. The largest absolute Gasteiger partial charge is 0.452 e. The number of aryl methyl sites for hydroxylation is 3. The van der Waals surface area contributed by atoms with Gasteiger partial charge in [-0.1, -0.05) is 0 Å². The quantitative estimate of drug-likeness (QED) is 0.544. The normalized spacial score (nSPS) is 10.3. The van der Waals surface area contributed by atoms with Crippen molar-refractivity contribution in [1.29, 1.82) is 0 Å². The van der Waals surface area contributed by atoms with Crippen molar-refractivity contribution in [2.24, 2.45) is 0 Å². The molecule has 0 aliphatic carbocycles. The molecule has 0 saturated heterocycles. The molecule has 8 heteroatoms. The van der Waals surface area contributed by atoms with E-state index in [9.17, 15) is 14.4 Å². The topological polar surface area (TPSA) is 102 Å². The molecule has 0 aliphatic heterocycles. The number of anilines is 1. The van der Waals surface area contributed by atoms with Crippen molar-refractivity contribution >= 4 is 23.5 Å². The van der Waals surface area contributed by atoms with Gasteiger partial charge in [-0.05, 0) is 50.6 Å². The van der Waals surface area contributed by atoms with Crippen LogP contribution in [0, 0.1) is 13.8 Å². The van der Waals surface area contributed by atoms with Crippen LogP contribution in [0.4, 0.5) is 5.69 Å². The maximum absolute atomic E-state index is 11.9. The Morgan fingerprint density at radius 2 is 1.85 bits per heavy atom. The van der Waals surface area contributed by atoms with E-state index >= 15 is 0 Å². The van der Waals surface area contributed by atoms with Gasteiger partial charge in [-0.2, -0.15) is 5.10 Å². The summed E-state index contributed by atoms with van der Waals surface area (Å²) in [6.07, 6.45) is 0.728. The molecule has 2 N–H and O–H groups in total. The smallest absolute Gasteiger partial charge is 0.338 e. The zero-order chi connectivity index (χ0) is 19.8. The number of rotatable bonds is 8. The van der Waals surface area contributed by atoms with Gasteiger partial charge in [0.25, 0.3) is 5.91 Å². The fourth-order valence-corrected chi connectivity index (χ4v) is 2.52. The zero-order valence-electron chi connectivity index (χ0n) is 15.7. The van der Waals surface area contributed by atoms with Gasteiger partial charge in [0.05, 0.1) is 11.3 Å². The van der Waals surface area contributed by atoms with E-state index in [0.717, 1.165) is 17.8 Å². The summed E-state index contributed by atoms with van der Waals surface area (Å²) in [7, 11) is 0. The highest BCUT2D eigenvalue weighted by Gasteiger charge is 2.10. The average Bonchev–Trinajstić information content (AvgIpc) is 2.94. The molecule has 0 unspecified atom stereocenters. The van der Waals surface area contributed by atoms with Crippen LogP contribution in [-0.2, 0) is 20.9 Å².